The zero-order valence-electron chi connectivity index (χ0n) is 9.38. The third-order valence-corrected chi connectivity index (χ3v) is 2.50. The second kappa shape index (κ2) is 5.64. The Morgan fingerprint density at radius 1 is 1.53 bits per heavy atom. The van der Waals surface area contributed by atoms with Crippen LogP contribution in [-0.2, 0) is 21.4 Å². The number of nitrogens with two attached hydrogens (primary N) is 1. The topological polar surface area (TPSA) is 119 Å². The molecule has 4 N–H and O–H groups in total. The second-order valence-electron chi connectivity index (χ2n) is 3.49. The van der Waals surface area contributed by atoms with E-state index in [1.807, 2.05) is 0 Å². The zero-order valence-corrected chi connectivity index (χ0v) is 10.2. The summed E-state index contributed by atoms with van der Waals surface area (Å²) < 4.78 is 25.1. The Balaban J connectivity index is 2.22. The molecule has 0 fully saturated rings. The average Bonchev–Trinajstić information content (AvgIpc) is 2.57. The molecule has 0 spiro atoms. The van der Waals surface area contributed by atoms with Crippen molar-refractivity contribution >= 4 is 21.6 Å². The monoisotopic (exact) mass is 261 g/mol. The summed E-state index contributed by atoms with van der Waals surface area (Å²) in [5, 5.41) is 6.39. The molecular weight excluding hydrogens is 246 g/mol. The van der Waals surface area contributed by atoms with Gasteiger partial charge in [0, 0.05) is 19.3 Å². The summed E-state index contributed by atoms with van der Waals surface area (Å²) in [7, 11) is -3.21. The Kier molecular flexibility index (Phi) is 4.46. The molecule has 0 bridgehead atoms. The van der Waals surface area contributed by atoms with Crippen molar-refractivity contribution in [3.05, 3.63) is 12.4 Å². The highest BCUT2D eigenvalue weighted by molar-refractivity contribution is 7.88. The third-order valence-electron chi connectivity index (χ3n) is 1.77. The fourth-order valence-corrected chi connectivity index (χ4v) is 1.58. The van der Waals surface area contributed by atoms with Gasteiger partial charge in [-0.2, -0.15) is 5.10 Å². The van der Waals surface area contributed by atoms with Crippen LogP contribution < -0.4 is 15.8 Å². The molecule has 1 aromatic rings. The van der Waals surface area contributed by atoms with Crippen molar-refractivity contribution in [1.29, 1.82) is 0 Å². The van der Waals surface area contributed by atoms with E-state index in [2.05, 4.69) is 15.1 Å². The van der Waals surface area contributed by atoms with Crippen molar-refractivity contribution in [2.45, 2.75) is 6.54 Å². The van der Waals surface area contributed by atoms with Gasteiger partial charge in [-0.05, 0) is 0 Å². The Bertz CT molecular complexity index is 481. The molecule has 8 nitrogen and oxygen atoms in total. The molecule has 0 saturated carbocycles. The van der Waals surface area contributed by atoms with Gasteiger partial charge in [0.1, 0.15) is 6.54 Å². The Labute approximate surface area is 99.2 Å². The zero-order chi connectivity index (χ0) is 12.9. The third kappa shape index (κ3) is 5.88. The molecule has 0 atom stereocenters. The molecule has 0 unspecified atom stereocenters. The Hall–Kier alpha value is -1.61. The predicted molar refractivity (Wildman–Crippen MR) is 62.5 cm³/mol. The molecule has 0 aliphatic rings. The minimum atomic E-state index is -3.21. The van der Waals surface area contributed by atoms with E-state index in [9.17, 15) is 13.2 Å². The Morgan fingerprint density at radius 2 is 2.24 bits per heavy atom. The summed E-state index contributed by atoms with van der Waals surface area (Å²) in [6.45, 7) is 0.435. The summed E-state index contributed by atoms with van der Waals surface area (Å²) in [4.78, 5) is 11.4. The number of carbonyl (C=O) groups excluding carboxylic acids is 1. The lowest BCUT2D eigenvalue weighted by atomic mass is 10.5. The summed E-state index contributed by atoms with van der Waals surface area (Å²) in [6.07, 6.45) is 4.04. The molecule has 17 heavy (non-hydrogen) atoms. The van der Waals surface area contributed by atoms with Gasteiger partial charge in [0.25, 0.3) is 0 Å². The summed E-state index contributed by atoms with van der Waals surface area (Å²) >= 11 is 0. The van der Waals surface area contributed by atoms with E-state index in [4.69, 9.17) is 5.73 Å². The fourth-order valence-electron chi connectivity index (χ4n) is 1.11. The van der Waals surface area contributed by atoms with Crippen LogP contribution in [0.2, 0.25) is 0 Å². The van der Waals surface area contributed by atoms with Crippen molar-refractivity contribution in [3.8, 4) is 0 Å². The number of nitrogens with one attached hydrogen (secondary N) is 2. The van der Waals surface area contributed by atoms with Gasteiger partial charge in [0.2, 0.25) is 15.9 Å². The number of amides is 1. The number of carbonyl (C=O) groups is 1. The van der Waals surface area contributed by atoms with Gasteiger partial charge in [0.15, 0.2) is 0 Å². The van der Waals surface area contributed by atoms with Crippen LogP contribution in [0.3, 0.4) is 0 Å². The number of rotatable bonds is 6. The first-order valence-corrected chi connectivity index (χ1v) is 6.75. The maximum atomic E-state index is 11.4. The molecular formula is C8H15N5O3S. The smallest absolute Gasteiger partial charge is 0.241 e. The van der Waals surface area contributed by atoms with Gasteiger partial charge in [-0.3, -0.25) is 9.48 Å². The van der Waals surface area contributed by atoms with Gasteiger partial charge >= 0.3 is 0 Å². The van der Waals surface area contributed by atoms with E-state index < -0.39 is 10.0 Å². The van der Waals surface area contributed by atoms with Crippen molar-refractivity contribution in [1.82, 2.24) is 19.8 Å². The molecule has 1 amide bonds. The van der Waals surface area contributed by atoms with Crippen LogP contribution in [0.15, 0.2) is 12.4 Å². The van der Waals surface area contributed by atoms with Crippen LogP contribution in [0.25, 0.3) is 0 Å². The lowest BCUT2D eigenvalue weighted by Gasteiger charge is -2.05. The van der Waals surface area contributed by atoms with E-state index in [0.29, 0.717) is 5.69 Å². The van der Waals surface area contributed by atoms with Crippen molar-refractivity contribution in [3.63, 3.8) is 0 Å². The number of aromatic nitrogens is 2. The standard InChI is InChI=1S/C8H15N5O3S/c1-17(15,16)12-3-2-10-8(14)6-13-5-7(9)4-11-13/h4-5,12H,2-3,6,9H2,1H3,(H,10,14). The van der Waals surface area contributed by atoms with Crippen molar-refractivity contribution < 1.29 is 13.2 Å². The highest BCUT2D eigenvalue weighted by atomic mass is 32.2. The van der Waals surface area contributed by atoms with Crippen LogP contribution in [0, 0.1) is 0 Å². The number of sulfonamides is 1. The van der Waals surface area contributed by atoms with Gasteiger partial charge in [-0.25, -0.2) is 13.1 Å². The minimum absolute atomic E-state index is 0.0517. The number of anilines is 1. The minimum Gasteiger partial charge on any atom is -0.396 e. The first kappa shape index (κ1) is 13.5. The van der Waals surface area contributed by atoms with E-state index >= 15 is 0 Å². The lowest BCUT2D eigenvalue weighted by Crippen LogP contribution is -2.35. The van der Waals surface area contributed by atoms with Crippen LogP contribution in [0.1, 0.15) is 0 Å². The normalized spacial score (nSPS) is 11.4. The summed E-state index contributed by atoms with van der Waals surface area (Å²) in [5.41, 5.74) is 5.92. The molecule has 0 radical (unpaired) electrons. The van der Waals surface area contributed by atoms with Gasteiger partial charge in [-0.1, -0.05) is 0 Å². The molecule has 1 aromatic heterocycles. The molecule has 1 heterocycles. The number of nitrogen functional groups attached to an aromatic ring is 1. The Morgan fingerprint density at radius 3 is 2.76 bits per heavy atom. The molecule has 0 aliphatic carbocycles. The van der Waals surface area contributed by atoms with Crippen molar-refractivity contribution in [2.24, 2.45) is 0 Å². The molecule has 0 aliphatic heterocycles. The molecule has 0 aromatic carbocycles. The fraction of sp³-hybridized carbons (Fsp3) is 0.500. The van der Waals surface area contributed by atoms with Crippen LogP contribution >= 0.6 is 0 Å². The average molecular weight is 261 g/mol. The van der Waals surface area contributed by atoms with Crippen LogP contribution in [-0.4, -0.2) is 43.5 Å². The van der Waals surface area contributed by atoms with E-state index in [1.54, 1.807) is 0 Å². The van der Waals surface area contributed by atoms with Crippen LogP contribution in [0.4, 0.5) is 5.69 Å². The molecule has 1 rings (SSSR count). The molecule has 96 valence electrons. The summed E-state index contributed by atoms with van der Waals surface area (Å²) in [6, 6.07) is 0. The number of nitrogens with zero attached hydrogens (tertiary/aromatic N) is 2. The quantitative estimate of drug-likeness (QED) is 0.518. The predicted octanol–water partition coefficient (Wildman–Crippen LogP) is -1.87. The molecule has 0 saturated heterocycles. The van der Waals surface area contributed by atoms with E-state index in [1.165, 1.54) is 17.1 Å². The maximum Gasteiger partial charge on any atom is 0.241 e. The van der Waals surface area contributed by atoms with Gasteiger partial charge < -0.3 is 11.1 Å². The van der Waals surface area contributed by atoms with Gasteiger partial charge in [-0.15, -0.1) is 0 Å². The number of hydrogen-bond acceptors (Lipinski definition) is 5. The summed E-state index contributed by atoms with van der Waals surface area (Å²) in [5.74, 6) is -0.261. The van der Waals surface area contributed by atoms with Crippen LogP contribution in [0.5, 0.6) is 0 Å². The lowest BCUT2D eigenvalue weighted by molar-refractivity contribution is -0.121. The maximum absolute atomic E-state index is 11.4. The van der Waals surface area contributed by atoms with Crippen molar-refractivity contribution in [2.75, 3.05) is 25.1 Å². The first-order chi connectivity index (χ1) is 7.87. The SMILES string of the molecule is CS(=O)(=O)NCCNC(=O)Cn1cc(N)cn1. The number of hydrogen-bond donors (Lipinski definition) is 3. The van der Waals surface area contributed by atoms with E-state index in [-0.39, 0.29) is 25.5 Å². The largest absolute Gasteiger partial charge is 0.396 e. The van der Waals surface area contributed by atoms with Gasteiger partial charge in [0.05, 0.1) is 18.1 Å². The first-order valence-electron chi connectivity index (χ1n) is 4.86. The highest BCUT2D eigenvalue weighted by Gasteiger charge is 2.04. The van der Waals surface area contributed by atoms with E-state index in [0.717, 1.165) is 6.26 Å². The highest BCUT2D eigenvalue weighted by Crippen LogP contribution is 1.96. The molecule has 9 heteroatoms. The second-order valence-corrected chi connectivity index (χ2v) is 5.32.